The topological polar surface area (TPSA) is 69.3 Å². The van der Waals surface area contributed by atoms with Crippen LogP contribution in [-0.4, -0.2) is 15.7 Å². The van der Waals surface area contributed by atoms with Crippen LogP contribution < -0.4 is 10.1 Å². The number of hydrogen-bond donors (Lipinski definition) is 1. The van der Waals surface area contributed by atoms with Gasteiger partial charge in [0.15, 0.2) is 5.76 Å². The standard InChI is InChI=1S/C25H25N3O3/c1-17-5-4-6-20(11-17)14-28-15-21(13-26-28)27-25(29)24-10-9-23(31-24)16-30-22-8-7-18(2)19(3)12-22/h4-13,15H,14,16H2,1-3H3,(H,27,29). The van der Waals surface area contributed by atoms with E-state index in [1.165, 1.54) is 16.7 Å². The molecule has 0 aliphatic carbocycles. The van der Waals surface area contributed by atoms with Gasteiger partial charge in [-0.1, -0.05) is 35.9 Å². The van der Waals surface area contributed by atoms with Crippen LogP contribution in [0.15, 0.2) is 71.4 Å². The molecule has 2 aromatic carbocycles. The fourth-order valence-corrected chi connectivity index (χ4v) is 3.24. The average molecular weight is 415 g/mol. The molecule has 0 unspecified atom stereocenters. The van der Waals surface area contributed by atoms with Crippen molar-refractivity contribution in [3.63, 3.8) is 0 Å². The molecule has 0 spiro atoms. The average Bonchev–Trinajstić information content (AvgIpc) is 3.38. The third kappa shape index (κ3) is 5.22. The maximum absolute atomic E-state index is 12.5. The van der Waals surface area contributed by atoms with Crippen molar-refractivity contribution in [1.29, 1.82) is 0 Å². The molecule has 0 saturated heterocycles. The molecule has 6 nitrogen and oxygen atoms in total. The SMILES string of the molecule is Cc1cccc(Cn2cc(NC(=O)c3ccc(COc4ccc(C)c(C)c4)o3)cn2)c1. The van der Waals surface area contributed by atoms with Gasteiger partial charge in [0.05, 0.1) is 18.4 Å². The number of carbonyl (C=O) groups is 1. The summed E-state index contributed by atoms with van der Waals surface area (Å²) in [6, 6.07) is 17.6. The summed E-state index contributed by atoms with van der Waals surface area (Å²) in [7, 11) is 0. The Hall–Kier alpha value is -3.80. The van der Waals surface area contributed by atoms with Crippen molar-refractivity contribution < 1.29 is 13.9 Å². The van der Waals surface area contributed by atoms with Gasteiger partial charge in [0.1, 0.15) is 18.1 Å². The maximum atomic E-state index is 12.5. The molecule has 31 heavy (non-hydrogen) atoms. The summed E-state index contributed by atoms with van der Waals surface area (Å²) in [4.78, 5) is 12.5. The molecule has 4 rings (SSSR count). The van der Waals surface area contributed by atoms with Crippen molar-refractivity contribution in [3.8, 4) is 5.75 Å². The first-order valence-corrected chi connectivity index (χ1v) is 10.1. The van der Waals surface area contributed by atoms with Crippen molar-refractivity contribution in [1.82, 2.24) is 9.78 Å². The molecule has 1 amide bonds. The van der Waals surface area contributed by atoms with Crippen LogP contribution in [0.5, 0.6) is 5.75 Å². The van der Waals surface area contributed by atoms with Crippen molar-refractivity contribution >= 4 is 11.6 Å². The molecule has 0 aliphatic heterocycles. The zero-order valence-corrected chi connectivity index (χ0v) is 17.9. The summed E-state index contributed by atoms with van der Waals surface area (Å²) in [5.41, 5.74) is 5.35. The fourth-order valence-electron chi connectivity index (χ4n) is 3.24. The molecule has 2 heterocycles. The number of furan rings is 1. The van der Waals surface area contributed by atoms with Gasteiger partial charge in [-0.25, -0.2) is 0 Å². The minimum absolute atomic E-state index is 0.227. The number of nitrogens with zero attached hydrogens (tertiary/aromatic N) is 2. The van der Waals surface area contributed by atoms with Gasteiger partial charge in [0.2, 0.25) is 0 Å². The zero-order chi connectivity index (χ0) is 21.8. The minimum atomic E-state index is -0.326. The first kappa shape index (κ1) is 20.5. The summed E-state index contributed by atoms with van der Waals surface area (Å²) in [6.07, 6.45) is 3.42. The third-order valence-corrected chi connectivity index (χ3v) is 5.06. The quantitative estimate of drug-likeness (QED) is 0.446. The zero-order valence-electron chi connectivity index (χ0n) is 17.9. The fraction of sp³-hybridized carbons (Fsp3) is 0.200. The Morgan fingerprint density at radius 1 is 1.06 bits per heavy atom. The number of benzene rings is 2. The Balaban J connectivity index is 1.33. The van der Waals surface area contributed by atoms with Crippen molar-refractivity contribution in [3.05, 3.63) is 101 Å². The van der Waals surface area contributed by atoms with Gasteiger partial charge < -0.3 is 14.5 Å². The van der Waals surface area contributed by atoms with E-state index < -0.39 is 0 Å². The Kier molecular flexibility index (Phi) is 5.89. The number of carbonyl (C=O) groups excluding carboxylic acids is 1. The molecule has 0 atom stereocenters. The van der Waals surface area contributed by atoms with Crippen molar-refractivity contribution in [2.24, 2.45) is 0 Å². The lowest BCUT2D eigenvalue weighted by molar-refractivity contribution is 0.0992. The molecule has 0 radical (unpaired) electrons. The lowest BCUT2D eigenvalue weighted by Gasteiger charge is -2.06. The highest BCUT2D eigenvalue weighted by molar-refractivity contribution is 6.02. The molecule has 4 aromatic rings. The summed E-state index contributed by atoms with van der Waals surface area (Å²) in [5, 5.41) is 7.14. The van der Waals surface area contributed by atoms with E-state index in [9.17, 15) is 4.79 Å². The van der Waals surface area contributed by atoms with Gasteiger partial charge in [-0.3, -0.25) is 9.48 Å². The van der Waals surface area contributed by atoms with Crippen LogP contribution >= 0.6 is 0 Å². The van der Waals surface area contributed by atoms with Gasteiger partial charge in [0.25, 0.3) is 5.91 Å². The summed E-state index contributed by atoms with van der Waals surface area (Å²) in [6.45, 7) is 7.05. The van der Waals surface area contributed by atoms with E-state index in [0.29, 0.717) is 18.0 Å². The van der Waals surface area contributed by atoms with Crippen LogP contribution in [0.4, 0.5) is 5.69 Å². The maximum Gasteiger partial charge on any atom is 0.291 e. The van der Waals surface area contributed by atoms with E-state index in [4.69, 9.17) is 9.15 Å². The lowest BCUT2D eigenvalue weighted by atomic mass is 10.1. The highest BCUT2D eigenvalue weighted by Gasteiger charge is 2.13. The second kappa shape index (κ2) is 8.92. The van der Waals surface area contributed by atoms with Gasteiger partial charge in [0, 0.05) is 6.20 Å². The highest BCUT2D eigenvalue weighted by atomic mass is 16.5. The predicted octanol–water partition coefficient (Wildman–Crippen LogP) is 5.28. The summed E-state index contributed by atoms with van der Waals surface area (Å²) in [5.74, 6) is 1.25. The predicted molar refractivity (Wildman–Crippen MR) is 119 cm³/mol. The van der Waals surface area contributed by atoms with E-state index in [2.05, 4.69) is 42.5 Å². The van der Waals surface area contributed by atoms with E-state index in [-0.39, 0.29) is 18.3 Å². The molecular formula is C25H25N3O3. The number of amides is 1. The number of anilines is 1. The molecule has 0 fully saturated rings. The van der Waals surface area contributed by atoms with Crippen LogP contribution in [0.2, 0.25) is 0 Å². The van der Waals surface area contributed by atoms with Gasteiger partial charge in [-0.2, -0.15) is 5.10 Å². The van der Waals surface area contributed by atoms with Crippen LogP contribution in [0, 0.1) is 20.8 Å². The minimum Gasteiger partial charge on any atom is -0.486 e. The Morgan fingerprint density at radius 2 is 1.94 bits per heavy atom. The Morgan fingerprint density at radius 3 is 2.74 bits per heavy atom. The van der Waals surface area contributed by atoms with E-state index in [1.54, 1.807) is 29.2 Å². The van der Waals surface area contributed by atoms with Crippen LogP contribution in [0.1, 0.15) is 38.6 Å². The molecule has 0 saturated carbocycles. The monoisotopic (exact) mass is 415 g/mol. The Labute approximate surface area is 181 Å². The lowest BCUT2D eigenvalue weighted by Crippen LogP contribution is -2.10. The number of hydrogen-bond acceptors (Lipinski definition) is 4. The number of aryl methyl sites for hydroxylation is 3. The van der Waals surface area contributed by atoms with E-state index in [1.807, 2.05) is 31.2 Å². The smallest absolute Gasteiger partial charge is 0.291 e. The van der Waals surface area contributed by atoms with Crippen LogP contribution in [-0.2, 0) is 13.2 Å². The molecule has 0 bridgehead atoms. The number of aromatic nitrogens is 2. The third-order valence-electron chi connectivity index (χ3n) is 5.06. The van der Waals surface area contributed by atoms with Crippen LogP contribution in [0.25, 0.3) is 0 Å². The molecule has 2 aromatic heterocycles. The second-order valence-electron chi connectivity index (χ2n) is 7.67. The number of rotatable bonds is 7. The molecule has 0 aliphatic rings. The van der Waals surface area contributed by atoms with Gasteiger partial charge in [-0.15, -0.1) is 0 Å². The summed E-state index contributed by atoms with van der Waals surface area (Å²) >= 11 is 0. The first-order chi connectivity index (χ1) is 15.0. The Bertz CT molecular complexity index is 1210. The number of ether oxygens (including phenoxy) is 1. The molecule has 1 N–H and O–H groups in total. The van der Waals surface area contributed by atoms with E-state index in [0.717, 1.165) is 11.3 Å². The normalized spacial score (nSPS) is 10.8. The molecule has 158 valence electrons. The second-order valence-corrected chi connectivity index (χ2v) is 7.67. The van der Waals surface area contributed by atoms with E-state index >= 15 is 0 Å². The molecular weight excluding hydrogens is 390 g/mol. The van der Waals surface area contributed by atoms with Crippen LogP contribution in [0.3, 0.4) is 0 Å². The van der Waals surface area contributed by atoms with Crippen molar-refractivity contribution in [2.75, 3.05) is 5.32 Å². The first-order valence-electron chi connectivity index (χ1n) is 10.1. The largest absolute Gasteiger partial charge is 0.486 e. The molecule has 6 heteroatoms. The van der Waals surface area contributed by atoms with Crippen molar-refractivity contribution in [2.45, 2.75) is 33.9 Å². The number of nitrogens with one attached hydrogen (secondary N) is 1. The summed E-state index contributed by atoms with van der Waals surface area (Å²) < 4.78 is 13.2. The van der Waals surface area contributed by atoms with Gasteiger partial charge in [-0.05, 0) is 61.7 Å². The highest BCUT2D eigenvalue weighted by Crippen LogP contribution is 2.19. The van der Waals surface area contributed by atoms with Gasteiger partial charge >= 0.3 is 0 Å².